The number of benzene rings is 2. The molecule has 2 aromatic carbocycles. The Morgan fingerprint density at radius 1 is 1.04 bits per heavy atom. The molecule has 4 rings (SSSR count). The summed E-state index contributed by atoms with van der Waals surface area (Å²) in [6, 6.07) is 16.9. The van der Waals surface area contributed by atoms with Crippen molar-refractivity contribution < 1.29 is 9.47 Å². The summed E-state index contributed by atoms with van der Waals surface area (Å²) in [4.78, 5) is 2.53. The van der Waals surface area contributed by atoms with Gasteiger partial charge in [0, 0.05) is 19.6 Å². The molecule has 2 aliphatic rings. The van der Waals surface area contributed by atoms with Gasteiger partial charge in [-0.05, 0) is 55.0 Å². The fourth-order valence-corrected chi connectivity index (χ4v) is 3.96. The molecule has 0 aliphatic carbocycles. The molecular weight excluding hydrogens is 298 g/mol. The van der Waals surface area contributed by atoms with Crippen molar-refractivity contribution in [2.45, 2.75) is 37.8 Å². The summed E-state index contributed by atoms with van der Waals surface area (Å²) in [6.07, 6.45) is 4.53. The number of methoxy groups -OCH3 is 1. The molecule has 3 heteroatoms. The molecule has 0 aromatic heterocycles. The van der Waals surface area contributed by atoms with Gasteiger partial charge in [-0.25, -0.2) is 0 Å². The molecule has 0 unspecified atom stereocenters. The lowest BCUT2D eigenvalue weighted by atomic mass is 9.83. The monoisotopic (exact) mass is 323 g/mol. The lowest BCUT2D eigenvalue weighted by molar-refractivity contribution is -0.0163. The van der Waals surface area contributed by atoms with Crippen LogP contribution in [0.25, 0.3) is 0 Å². The molecule has 0 atom stereocenters. The Kier molecular flexibility index (Phi) is 4.19. The molecule has 2 aliphatic heterocycles. The van der Waals surface area contributed by atoms with Gasteiger partial charge in [0.2, 0.25) is 0 Å². The van der Waals surface area contributed by atoms with Gasteiger partial charge in [-0.3, -0.25) is 4.90 Å². The van der Waals surface area contributed by atoms with Crippen molar-refractivity contribution in [3.63, 3.8) is 0 Å². The fraction of sp³-hybridized carbons (Fsp3) is 0.429. The highest BCUT2D eigenvalue weighted by Gasteiger charge is 2.39. The molecule has 0 bridgehead atoms. The van der Waals surface area contributed by atoms with Gasteiger partial charge < -0.3 is 9.47 Å². The van der Waals surface area contributed by atoms with Gasteiger partial charge in [0.1, 0.15) is 17.1 Å². The third-order valence-corrected chi connectivity index (χ3v) is 5.46. The van der Waals surface area contributed by atoms with E-state index >= 15 is 0 Å². The molecule has 2 aromatic rings. The van der Waals surface area contributed by atoms with Crippen LogP contribution in [0.5, 0.6) is 11.5 Å². The van der Waals surface area contributed by atoms with Gasteiger partial charge in [0.15, 0.2) is 0 Å². The van der Waals surface area contributed by atoms with Crippen LogP contribution in [0.3, 0.4) is 0 Å². The van der Waals surface area contributed by atoms with E-state index in [-0.39, 0.29) is 5.60 Å². The Labute approximate surface area is 144 Å². The number of fused-ring (bicyclic) bond motifs is 1. The molecule has 24 heavy (non-hydrogen) atoms. The maximum absolute atomic E-state index is 6.45. The van der Waals surface area contributed by atoms with Crippen LogP contribution in [0.4, 0.5) is 0 Å². The quantitative estimate of drug-likeness (QED) is 0.850. The highest BCUT2D eigenvalue weighted by Crippen LogP contribution is 2.39. The van der Waals surface area contributed by atoms with E-state index in [4.69, 9.17) is 9.47 Å². The second kappa shape index (κ2) is 6.48. The Morgan fingerprint density at radius 2 is 1.88 bits per heavy atom. The molecule has 3 nitrogen and oxygen atoms in total. The van der Waals surface area contributed by atoms with Gasteiger partial charge in [-0.2, -0.15) is 0 Å². The van der Waals surface area contributed by atoms with E-state index in [1.54, 1.807) is 7.11 Å². The standard InChI is InChI=1S/C21H25NO2/c1-23-19-7-4-5-17(15-19)16-22-13-11-21(12-14-22)10-9-18-6-2-3-8-20(18)24-21/h2-8,15H,9-14,16H2,1H3. The van der Waals surface area contributed by atoms with Crippen molar-refractivity contribution >= 4 is 0 Å². The highest BCUT2D eigenvalue weighted by molar-refractivity contribution is 5.36. The summed E-state index contributed by atoms with van der Waals surface area (Å²) in [5, 5.41) is 0. The van der Waals surface area contributed by atoms with Crippen molar-refractivity contribution in [3.05, 3.63) is 59.7 Å². The van der Waals surface area contributed by atoms with Crippen molar-refractivity contribution in [3.8, 4) is 11.5 Å². The van der Waals surface area contributed by atoms with Crippen molar-refractivity contribution in [1.29, 1.82) is 0 Å². The second-order valence-corrected chi connectivity index (χ2v) is 7.02. The van der Waals surface area contributed by atoms with E-state index in [1.165, 1.54) is 11.1 Å². The number of nitrogens with zero attached hydrogens (tertiary/aromatic N) is 1. The average Bonchev–Trinajstić information content (AvgIpc) is 2.64. The Hall–Kier alpha value is -2.00. The molecule has 1 spiro atoms. The SMILES string of the molecule is COc1cccc(CN2CCC3(CCc4ccccc4O3)CC2)c1. The lowest BCUT2D eigenvalue weighted by Gasteiger charge is -2.44. The molecule has 0 amide bonds. The zero-order valence-electron chi connectivity index (χ0n) is 14.3. The molecule has 2 heterocycles. The Balaban J connectivity index is 1.38. The van der Waals surface area contributed by atoms with Crippen molar-refractivity contribution in [2.75, 3.05) is 20.2 Å². The molecular formula is C21H25NO2. The topological polar surface area (TPSA) is 21.7 Å². The first-order valence-electron chi connectivity index (χ1n) is 8.89. The van der Waals surface area contributed by atoms with E-state index in [9.17, 15) is 0 Å². The van der Waals surface area contributed by atoms with Gasteiger partial charge >= 0.3 is 0 Å². The maximum atomic E-state index is 6.45. The first kappa shape index (κ1) is 15.5. The zero-order valence-corrected chi connectivity index (χ0v) is 14.3. The minimum atomic E-state index is 0.0548. The van der Waals surface area contributed by atoms with Crippen molar-refractivity contribution in [1.82, 2.24) is 4.90 Å². The van der Waals surface area contributed by atoms with E-state index < -0.39 is 0 Å². The summed E-state index contributed by atoms with van der Waals surface area (Å²) in [7, 11) is 1.72. The van der Waals surface area contributed by atoms with Crippen LogP contribution in [0.15, 0.2) is 48.5 Å². The number of piperidine rings is 1. The summed E-state index contributed by atoms with van der Waals surface area (Å²) in [6.45, 7) is 3.18. The number of rotatable bonds is 3. The number of hydrogen-bond acceptors (Lipinski definition) is 3. The van der Waals surface area contributed by atoms with Crippen LogP contribution >= 0.6 is 0 Å². The zero-order chi connectivity index (χ0) is 16.4. The van der Waals surface area contributed by atoms with E-state index in [0.717, 1.165) is 56.8 Å². The van der Waals surface area contributed by atoms with Crippen molar-refractivity contribution in [2.24, 2.45) is 0 Å². The summed E-state index contributed by atoms with van der Waals surface area (Å²) >= 11 is 0. The van der Waals surface area contributed by atoms with E-state index in [1.807, 2.05) is 6.07 Å². The molecule has 1 saturated heterocycles. The van der Waals surface area contributed by atoms with Gasteiger partial charge in [0.25, 0.3) is 0 Å². The van der Waals surface area contributed by atoms with E-state index in [0.29, 0.717) is 0 Å². The number of aryl methyl sites for hydroxylation is 1. The summed E-state index contributed by atoms with van der Waals surface area (Å²) in [5.41, 5.74) is 2.74. The van der Waals surface area contributed by atoms with Crippen LogP contribution in [0, 0.1) is 0 Å². The van der Waals surface area contributed by atoms with Gasteiger partial charge in [-0.15, -0.1) is 0 Å². The number of likely N-dealkylation sites (tertiary alicyclic amines) is 1. The second-order valence-electron chi connectivity index (χ2n) is 7.02. The lowest BCUT2D eigenvalue weighted by Crippen LogP contribution is -2.49. The van der Waals surface area contributed by atoms with Crippen LogP contribution in [0.1, 0.15) is 30.4 Å². The number of hydrogen-bond donors (Lipinski definition) is 0. The number of para-hydroxylation sites is 1. The van der Waals surface area contributed by atoms with Crippen LogP contribution in [-0.2, 0) is 13.0 Å². The smallest absolute Gasteiger partial charge is 0.123 e. The Bertz CT molecular complexity index is 704. The normalized spacial score (nSPS) is 19.5. The maximum Gasteiger partial charge on any atom is 0.123 e. The minimum Gasteiger partial charge on any atom is -0.497 e. The highest BCUT2D eigenvalue weighted by atomic mass is 16.5. The molecule has 126 valence electrons. The minimum absolute atomic E-state index is 0.0548. The molecule has 0 radical (unpaired) electrons. The van der Waals surface area contributed by atoms with Gasteiger partial charge in [-0.1, -0.05) is 30.3 Å². The third kappa shape index (κ3) is 3.13. The first-order chi connectivity index (χ1) is 11.8. The predicted molar refractivity (Wildman–Crippen MR) is 95.6 cm³/mol. The largest absolute Gasteiger partial charge is 0.497 e. The van der Waals surface area contributed by atoms with Crippen LogP contribution in [0.2, 0.25) is 0 Å². The molecule has 0 N–H and O–H groups in total. The average molecular weight is 323 g/mol. The van der Waals surface area contributed by atoms with Crippen LogP contribution in [-0.4, -0.2) is 30.7 Å². The molecule has 0 saturated carbocycles. The number of ether oxygens (including phenoxy) is 2. The molecule has 1 fully saturated rings. The third-order valence-electron chi connectivity index (χ3n) is 5.46. The Morgan fingerprint density at radius 3 is 2.71 bits per heavy atom. The van der Waals surface area contributed by atoms with Gasteiger partial charge in [0.05, 0.1) is 7.11 Å². The summed E-state index contributed by atoms with van der Waals surface area (Å²) in [5.74, 6) is 2.04. The van der Waals surface area contributed by atoms with Crippen LogP contribution < -0.4 is 9.47 Å². The fourth-order valence-electron chi connectivity index (χ4n) is 3.96. The predicted octanol–water partition coefficient (Wildman–Crippen LogP) is 4.06. The summed E-state index contributed by atoms with van der Waals surface area (Å²) < 4.78 is 11.8. The first-order valence-corrected chi connectivity index (χ1v) is 8.89. The van der Waals surface area contributed by atoms with E-state index in [2.05, 4.69) is 47.4 Å².